The molecule has 1 N–H and O–H groups in total. The lowest BCUT2D eigenvalue weighted by atomic mass is 9.95. The molecule has 3 heteroatoms. The zero-order valence-corrected chi connectivity index (χ0v) is 11.8. The Balaban J connectivity index is 2.12. The van der Waals surface area contributed by atoms with E-state index in [-0.39, 0.29) is 12.5 Å². The van der Waals surface area contributed by atoms with E-state index in [1.165, 1.54) is 17.5 Å². The second-order valence-electron chi connectivity index (χ2n) is 5.57. The van der Waals surface area contributed by atoms with Crippen LogP contribution in [0.4, 0.5) is 0 Å². The molecule has 1 heterocycles. The van der Waals surface area contributed by atoms with Crippen LogP contribution in [0.25, 0.3) is 0 Å². The molecule has 19 heavy (non-hydrogen) atoms. The number of aliphatic carboxylic acids is 1. The quantitative estimate of drug-likeness (QED) is 0.903. The molecule has 0 spiro atoms. The molecule has 0 aromatic heterocycles. The topological polar surface area (TPSA) is 40.5 Å². The number of carbonyl (C=O) groups is 1. The van der Waals surface area contributed by atoms with Crippen LogP contribution in [0.15, 0.2) is 24.3 Å². The van der Waals surface area contributed by atoms with Crippen molar-refractivity contribution in [2.75, 3.05) is 6.54 Å². The van der Waals surface area contributed by atoms with Crippen LogP contribution in [0.5, 0.6) is 0 Å². The fraction of sp³-hybridized carbons (Fsp3) is 0.562. The Hall–Kier alpha value is -1.35. The van der Waals surface area contributed by atoms with Crippen LogP contribution in [0.2, 0.25) is 0 Å². The number of benzene rings is 1. The number of hydrogen-bond acceptors (Lipinski definition) is 2. The second-order valence-corrected chi connectivity index (χ2v) is 5.57. The molecular weight excluding hydrogens is 238 g/mol. The van der Waals surface area contributed by atoms with Gasteiger partial charge in [0.25, 0.3) is 0 Å². The molecule has 0 radical (unpaired) electrons. The Morgan fingerprint density at radius 1 is 1.37 bits per heavy atom. The summed E-state index contributed by atoms with van der Waals surface area (Å²) in [6.45, 7) is 5.28. The normalized spacial score (nSPS) is 22.1. The van der Waals surface area contributed by atoms with Gasteiger partial charge in [-0.2, -0.15) is 0 Å². The van der Waals surface area contributed by atoms with Crippen molar-refractivity contribution in [3.05, 3.63) is 35.4 Å². The lowest BCUT2D eigenvalue weighted by Crippen LogP contribution is -2.42. The van der Waals surface area contributed by atoms with Gasteiger partial charge in [-0.15, -0.1) is 0 Å². The van der Waals surface area contributed by atoms with Crippen molar-refractivity contribution in [1.82, 2.24) is 4.90 Å². The van der Waals surface area contributed by atoms with Gasteiger partial charge in [0.15, 0.2) is 0 Å². The van der Waals surface area contributed by atoms with Gasteiger partial charge in [0, 0.05) is 12.1 Å². The summed E-state index contributed by atoms with van der Waals surface area (Å²) in [7, 11) is 0. The van der Waals surface area contributed by atoms with Crippen LogP contribution < -0.4 is 0 Å². The van der Waals surface area contributed by atoms with Gasteiger partial charge in [-0.05, 0) is 38.8 Å². The Morgan fingerprint density at radius 2 is 2.05 bits per heavy atom. The molecule has 1 aliphatic rings. The highest BCUT2D eigenvalue weighted by Crippen LogP contribution is 2.29. The van der Waals surface area contributed by atoms with Crippen molar-refractivity contribution < 1.29 is 9.90 Å². The number of piperidine rings is 1. The SMILES string of the molecule is Cc1ccc(C(C)N2CCCCC2CC(=O)O)cc1. The minimum atomic E-state index is -0.687. The Morgan fingerprint density at radius 3 is 2.68 bits per heavy atom. The van der Waals surface area contributed by atoms with Crippen molar-refractivity contribution in [1.29, 1.82) is 0 Å². The van der Waals surface area contributed by atoms with Gasteiger partial charge in [-0.1, -0.05) is 36.2 Å². The van der Waals surface area contributed by atoms with E-state index in [1.807, 2.05) is 0 Å². The summed E-state index contributed by atoms with van der Waals surface area (Å²) in [5.74, 6) is -0.687. The first-order valence-corrected chi connectivity index (χ1v) is 7.12. The molecule has 2 unspecified atom stereocenters. The first kappa shape index (κ1) is 14.1. The third kappa shape index (κ3) is 3.57. The van der Waals surface area contributed by atoms with Gasteiger partial charge in [0.05, 0.1) is 6.42 Å². The van der Waals surface area contributed by atoms with Gasteiger partial charge in [0.1, 0.15) is 0 Å². The molecule has 3 nitrogen and oxygen atoms in total. The molecule has 1 saturated heterocycles. The third-order valence-corrected chi connectivity index (χ3v) is 4.14. The maximum atomic E-state index is 11.0. The smallest absolute Gasteiger partial charge is 0.304 e. The molecule has 1 aromatic rings. The molecule has 0 bridgehead atoms. The van der Waals surface area contributed by atoms with Crippen molar-refractivity contribution in [3.63, 3.8) is 0 Å². The summed E-state index contributed by atoms with van der Waals surface area (Å²) < 4.78 is 0. The minimum Gasteiger partial charge on any atom is -0.481 e. The van der Waals surface area contributed by atoms with Crippen LogP contribution in [0, 0.1) is 6.92 Å². The Bertz CT molecular complexity index is 427. The summed E-state index contributed by atoms with van der Waals surface area (Å²) in [6, 6.07) is 9.05. The van der Waals surface area contributed by atoms with Crippen molar-refractivity contribution in [3.8, 4) is 0 Å². The van der Waals surface area contributed by atoms with Gasteiger partial charge in [0.2, 0.25) is 0 Å². The highest BCUT2D eigenvalue weighted by molar-refractivity contribution is 5.67. The molecule has 1 aromatic carbocycles. The average molecular weight is 261 g/mol. The summed E-state index contributed by atoms with van der Waals surface area (Å²) >= 11 is 0. The minimum absolute atomic E-state index is 0.183. The molecule has 2 atom stereocenters. The number of carboxylic acids is 1. The number of nitrogens with zero attached hydrogens (tertiary/aromatic N) is 1. The number of rotatable bonds is 4. The molecule has 0 saturated carbocycles. The van der Waals surface area contributed by atoms with Crippen LogP contribution in [-0.4, -0.2) is 28.6 Å². The predicted octanol–water partition coefficient (Wildman–Crippen LogP) is 3.39. The van der Waals surface area contributed by atoms with E-state index >= 15 is 0 Å². The Kier molecular flexibility index (Phi) is 4.59. The fourth-order valence-electron chi connectivity index (χ4n) is 2.99. The van der Waals surface area contributed by atoms with E-state index in [0.29, 0.717) is 6.04 Å². The number of hydrogen-bond donors (Lipinski definition) is 1. The zero-order chi connectivity index (χ0) is 13.8. The summed E-state index contributed by atoms with van der Waals surface area (Å²) in [4.78, 5) is 13.4. The van der Waals surface area contributed by atoms with Gasteiger partial charge >= 0.3 is 5.97 Å². The molecule has 104 valence electrons. The standard InChI is InChI=1S/C16H23NO2/c1-12-6-8-14(9-7-12)13(2)17-10-4-3-5-15(17)11-16(18)19/h6-9,13,15H,3-5,10-11H2,1-2H3,(H,18,19). The molecular formula is C16H23NO2. The van der Waals surface area contributed by atoms with Crippen LogP contribution in [-0.2, 0) is 4.79 Å². The molecule has 1 aliphatic heterocycles. The number of aryl methyl sites for hydroxylation is 1. The Labute approximate surface area is 115 Å². The van der Waals surface area contributed by atoms with Crippen molar-refractivity contribution >= 4 is 5.97 Å². The molecule has 2 rings (SSSR count). The van der Waals surface area contributed by atoms with E-state index in [4.69, 9.17) is 5.11 Å². The zero-order valence-electron chi connectivity index (χ0n) is 11.8. The highest BCUT2D eigenvalue weighted by Gasteiger charge is 2.28. The third-order valence-electron chi connectivity index (χ3n) is 4.14. The molecule has 1 fully saturated rings. The maximum absolute atomic E-state index is 11.0. The van der Waals surface area contributed by atoms with Crippen LogP contribution >= 0.6 is 0 Å². The largest absolute Gasteiger partial charge is 0.481 e. The van der Waals surface area contributed by atoms with E-state index < -0.39 is 5.97 Å². The average Bonchev–Trinajstić information content (AvgIpc) is 2.39. The number of likely N-dealkylation sites (tertiary alicyclic amines) is 1. The summed E-state index contributed by atoms with van der Waals surface area (Å²) in [5, 5.41) is 9.05. The van der Waals surface area contributed by atoms with Crippen LogP contribution in [0.3, 0.4) is 0 Å². The second kappa shape index (κ2) is 6.20. The van der Waals surface area contributed by atoms with Crippen LogP contribution in [0.1, 0.15) is 49.8 Å². The predicted molar refractivity (Wildman–Crippen MR) is 76.2 cm³/mol. The molecule has 0 aliphatic carbocycles. The lowest BCUT2D eigenvalue weighted by molar-refractivity contribution is -0.139. The van der Waals surface area contributed by atoms with Gasteiger partial charge in [-0.3, -0.25) is 9.69 Å². The lowest BCUT2D eigenvalue weighted by Gasteiger charge is -2.39. The first-order chi connectivity index (χ1) is 9.08. The maximum Gasteiger partial charge on any atom is 0.304 e. The highest BCUT2D eigenvalue weighted by atomic mass is 16.4. The van der Waals surface area contributed by atoms with E-state index in [1.54, 1.807) is 0 Å². The molecule has 0 amide bonds. The van der Waals surface area contributed by atoms with Gasteiger partial charge < -0.3 is 5.11 Å². The van der Waals surface area contributed by atoms with E-state index in [9.17, 15) is 4.79 Å². The number of carboxylic acid groups (broad SMARTS) is 1. The van der Waals surface area contributed by atoms with Crippen molar-refractivity contribution in [2.45, 2.75) is 51.6 Å². The monoisotopic (exact) mass is 261 g/mol. The first-order valence-electron chi connectivity index (χ1n) is 7.12. The summed E-state index contributed by atoms with van der Waals surface area (Å²) in [5.41, 5.74) is 2.54. The van der Waals surface area contributed by atoms with E-state index in [2.05, 4.69) is 43.0 Å². The van der Waals surface area contributed by atoms with Crippen molar-refractivity contribution in [2.24, 2.45) is 0 Å². The summed E-state index contributed by atoms with van der Waals surface area (Å²) in [6.07, 6.45) is 3.58. The van der Waals surface area contributed by atoms with Gasteiger partial charge in [-0.25, -0.2) is 0 Å². The fourth-order valence-corrected chi connectivity index (χ4v) is 2.99. The van der Waals surface area contributed by atoms with E-state index in [0.717, 1.165) is 19.4 Å².